The van der Waals surface area contributed by atoms with Crippen molar-refractivity contribution in [2.45, 2.75) is 76.4 Å². The van der Waals surface area contributed by atoms with Crippen molar-refractivity contribution >= 4 is 46.1 Å². The van der Waals surface area contributed by atoms with Crippen LogP contribution in [0.4, 0.5) is 18.4 Å². The molecule has 0 bridgehead atoms. The molecule has 3 aromatic carbocycles. The SMILES string of the molecule is COC(=O)N[C@H](C(=O)N1CC(F)(F)C[C@H]1c1nc2ccc(-c3ccc(-c4ccc5nc([C@H]6CC7(CN6C(=O)[C@H](NC(=O)OC)C(C)C)OCCO7)[nH]c5c4)cc3)cc2[nH]1)C(C)C. The van der Waals surface area contributed by atoms with Crippen molar-refractivity contribution in [2.24, 2.45) is 11.8 Å². The van der Waals surface area contributed by atoms with E-state index < -0.39 is 66.9 Å². The molecule has 5 heterocycles. The van der Waals surface area contributed by atoms with Crippen LogP contribution in [0.15, 0.2) is 60.7 Å². The molecule has 5 aromatic rings. The number of H-pyrrole nitrogens is 2. The number of aromatic nitrogens is 4. The zero-order chi connectivity index (χ0) is 44.1. The Labute approximate surface area is 356 Å². The van der Waals surface area contributed by atoms with E-state index in [9.17, 15) is 28.0 Å². The van der Waals surface area contributed by atoms with E-state index in [-0.39, 0.29) is 30.1 Å². The molecule has 3 fully saturated rings. The Kier molecular flexibility index (Phi) is 11.4. The molecule has 0 saturated carbocycles. The van der Waals surface area contributed by atoms with Crippen LogP contribution in [0.1, 0.15) is 64.3 Å². The Morgan fingerprint density at radius 3 is 1.53 bits per heavy atom. The number of benzene rings is 3. The summed E-state index contributed by atoms with van der Waals surface area (Å²) in [6, 6.07) is 16.1. The molecule has 18 heteroatoms. The first kappa shape index (κ1) is 42.5. The van der Waals surface area contributed by atoms with Gasteiger partial charge in [-0.25, -0.2) is 28.3 Å². The first-order valence-electron chi connectivity index (χ1n) is 20.6. The number of amides is 4. The molecule has 3 saturated heterocycles. The summed E-state index contributed by atoms with van der Waals surface area (Å²) in [7, 11) is 2.43. The molecule has 16 nitrogen and oxygen atoms in total. The molecule has 1 spiro atoms. The van der Waals surface area contributed by atoms with Crippen molar-refractivity contribution < 1.29 is 46.9 Å². The van der Waals surface area contributed by atoms with Crippen LogP contribution in [0.25, 0.3) is 44.3 Å². The number of alkyl carbamates (subject to hydrolysis) is 2. The highest BCUT2D eigenvalue weighted by Gasteiger charge is 2.53. The summed E-state index contributed by atoms with van der Waals surface area (Å²) in [5.74, 6) is -4.83. The molecule has 8 rings (SSSR count). The number of alkyl halides is 2. The van der Waals surface area contributed by atoms with Gasteiger partial charge < -0.3 is 49.3 Å². The molecule has 4 amide bonds. The Morgan fingerprint density at radius 2 is 1.10 bits per heavy atom. The minimum Gasteiger partial charge on any atom is -0.453 e. The number of nitrogens with one attached hydrogen (secondary N) is 4. The highest BCUT2D eigenvalue weighted by Crippen LogP contribution is 2.44. The maximum absolute atomic E-state index is 14.9. The number of hydrogen-bond acceptors (Lipinski definition) is 10. The standard InChI is InChI=1S/C44H50F2N8O8/c1-23(2)35(51-41(57)59-5)39(55)53-21-43(45,46)19-33(53)37-47-29-13-11-27(17-31(29)49-37)25-7-9-26(10-8-25)28-12-14-30-32(18-28)50-38(48-30)34-20-44(61-15-16-62-44)22-54(34)40(56)36(24(3)4)52-42(58)60-6/h7-14,17-18,23-24,33-36H,15-16,19-22H2,1-6H3,(H,47,49)(H,48,50)(H,51,57)(H,52,58)/t33-,34+,35-,36+/m0/s1. The van der Waals surface area contributed by atoms with E-state index in [0.717, 1.165) is 32.7 Å². The topological polar surface area (TPSA) is 193 Å². The maximum atomic E-state index is 14.9. The number of methoxy groups -OCH3 is 2. The number of carbonyl (C=O) groups is 4. The summed E-state index contributed by atoms with van der Waals surface area (Å²) < 4.78 is 51.4. The molecule has 0 radical (unpaired) electrons. The third-order valence-electron chi connectivity index (χ3n) is 11.9. The van der Waals surface area contributed by atoms with Crippen molar-refractivity contribution in [1.82, 2.24) is 40.4 Å². The highest BCUT2D eigenvalue weighted by atomic mass is 19.3. The van der Waals surface area contributed by atoms with Gasteiger partial charge in [0.05, 0.1) is 74.7 Å². The average Bonchev–Trinajstić information content (AvgIpc) is 4.10. The van der Waals surface area contributed by atoms with Gasteiger partial charge in [-0.15, -0.1) is 0 Å². The lowest BCUT2D eigenvalue weighted by atomic mass is 10.00. The lowest BCUT2D eigenvalue weighted by Gasteiger charge is -2.30. The van der Waals surface area contributed by atoms with Gasteiger partial charge in [-0.2, -0.15) is 0 Å². The van der Waals surface area contributed by atoms with E-state index >= 15 is 0 Å². The molecular formula is C44H50F2N8O8. The van der Waals surface area contributed by atoms with Crippen LogP contribution < -0.4 is 10.6 Å². The summed E-state index contributed by atoms with van der Waals surface area (Å²) in [5, 5.41) is 5.17. The number of likely N-dealkylation sites (tertiary alicyclic amines) is 2. The zero-order valence-electron chi connectivity index (χ0n) is 35.3. The van der Waals surface area contributed by atoms with E-state index in [1.807, 2.05) is 74.5 Å². The third-order valence-corrected chi connectivity index (χ3v) is 11.9. The van der Waals surface area contributed by atoms with Crippen LogP contribution in [-0.2, 0) is 28.5 Å². The van der Waals surface area contributed by atoms with Crippen LogP contribution >= 0.6 is 0 Å². The molecule has 328 valence electrons. The number of hydrogen-bond donors (Lipinski definition) is 4. The van der Waals surface area contributed by atoms with E-state index in [2.05, 4.69) is 30.3 Å². The highest BCUT2D eigenvalue weighted by molar-refractivity contribution is 5.89. The number of imidazole rings is 2. The summed E-state index contributed by atoms with van der Waals surface area (Å²) >= 11 is 0. The second kappa shape index (κ2) is 16.6. The number of ether oxygens (including phenoxy) is 4. The number of fused-ring (bicyclic) bond motifs is 2. The predicted octanol–water partition coefficient (Wildman–Crippen LogP) is 6.46. The van der Waals surface area contributed by atoms with Crippen molar-refractivity contribution in [3.05, 3.63) is 72.3 Å². The largest absolute Gasteiger partial charge is 0.453 e. The van der Waals surface area contributed by atoms with Gasteiger partial charge in [0.1, 0.15) is 23.7 Å². The van der Waals surface area contributed by atoms with E-state index in [1.165, 1.54) is 14.2 Å². The van der Waals surface area contributed by atoms with Crippen LogP contribution in [0.3, 0.4) is 0 Å². The Hall–Kier alpha value is -6.14. The van der Waals surface area contributed by atoms with E-state index in [0.29, 0.717) is 42.0 Å². The second-order valence-electron chi connectivity index (χ2n) is 16.8. The summed E-state index contributed by atoms with van der Waals surface area (Å²) in [4.78, 5) is 70.7. The van der Waals surface area contributed by atoms with Crippen LogP contribution in [0, 0.1) is 11.8 Å². The molecule has 0 aliphatic carbocycles. The van der Waals surface area contributed by atoms with Crippen molar-refractivity contribution in [3.63, 3.8) is 0 Å². The summed E-state index contributed by atoms with van der Waals surface area (Å²) in [6.07, 6.45) is -1.76. The van der Waals surface area contributed by atoms with Gasteiger partial charge in [-0.1, -0.05) is 64.1 Å². The number of carbonyl (C=O) groups excluding carboxylic acids is 4. The fraction of sp³-hybridized carbons (Fsp3) is 0.455. The molecule has 62 heavy (non-hydrogen) atoms. The lowest BCUT2D eigenvalue weighted by Crippen LogP contribution is -2.52. The van der Waals surface area contributed by atoms with Crippen molar-refractivity contribution in [3.8, 4) is 22.3 Å². The first-order valence-corrected chi connectivity index (χ1v) is 20.6. The quantitative estimate of drug-likeness (QED) is 0.121. The molecule has 0 unspecified atom stereocenters. The van der Waals surface area contributed by atoms with Gasteiger partial charge >= 0.3 is 12.2 Å². The molecular weight excluding hydrogens is 807 g/mol. The van der Waals surface area contributed by atoms with Crippen LogP contribution in [0.2, 0.25) is 0 Å². The lowest BCUT2D eigenvalue weighted by molar-refractivity contribution is -0.153. The number of rotatable bonds is 10. The Bertz CT molecular complexity index is 2500. The number of nitrogens with zero attached hydrogens (tertiary/aromatic N) is 4. The Balaban J connectivity index is 1.01. The first-order chi connectivity index (χ1) is 29.6. The normalized spacial score (nSPS) is 20.4. The van der Waals surface area contributed by atoms with Crippen molar-refractivity contribution in [2.75, 3.05) is 40.5 Å². The zero-order valence-corrected chi connectivity index (χ0v) is 35.3. The smallest absolute Gasteiger partial charge is 0.407 e. The second-order valence-corrected chi connectivity index (χ2v) is 16.8. The third kappa shape index (κ3) is 8.27. The van der Waals surface area contributed by atoms with Crippen molar-refractivity contribution in [1.29, 1.82) is 0 Å². The molecule has 4 N–H and O–H groups in total. The van der Waals surface area contributed by atoms with Gasteiger partial charge in [0.2, 0.25) is 11.8 Å². The average molecular weight is 857 g/mol. The molecule has 2 aromatic heterocycles. The number of halogens is 2. The van der Waals surface area contributed by atoms with Gasteiger partial charge in [-0.05, 0) is 58.4 Å². The molecule has 4 atom stereocenters. The predicted molar refractivity (Wildman–Crippen MR) is 223 cm³/mol. The Morgan fingerprint density at radius 1 is 0.677 bits per heavy atom. The minimum absolute atomic E-state index is 0.182. The van der Waals surface area contributed by atoms with Crippen LogP contribution in [-0.4, -0.2) is 118 Å². The fourth-order valence-corrected chi connectivity index (χ4v) is 8.66. The summed E-state index contributed by atoms with van der Waals surface area (Å²) in [5.41, 5.74) is 6.33. The molecule has 3 aliphatic rings. The van der Waals surface area contributed by atoms with Crippen LogP contribution in [0.5, 0.6) is 0 Å². The number of aromatic amines is 2. The van der Waals surface area contributed by atoms with Gasteiger partial charge in [0, 0.05) is 12.8 Å². The maximum Gasteiger partial charge on any atom is 0.407 e. The van der Waals surface area contributed by atoms with E-state index in [4.69, 9.17) is 19.2 Å². The van der Waals surface area contributed by atoms with Gasteiger partial charge in [-0.3, -0.25) is 9.59 Å². The van der Waals surface area contributed by atoms with E-state index in [1.54, 1.807) is 18.7 Å². The monoisotopic (exact) mass is 856 g/mol. The minimum atomic E-state index is -3.15. The summed E-state index contributed by atoms with van der Waals surface area (Å²) in [6.45, 7) is 7.35. The van der Waals surface area contributed by atoms with Gasteiger partial charge in [0.25, 0.3) is 5.92 Å². The molecule has 3 aliphatic heterocycles. The van der Waals surface area contributed by atoms with Gasteiger partial charge in [0.15, 0.2) is 5.79 Å². The fourth-order valence-electron chi connectivity index (χ4n) is 8.66.